The molecule has 10 heavy (non-hydrogen) atoms. The second-order valence-electron chi connectivity index (χ2n) is 1.85. The van der Waals surface area contributed by atoms with Crippen LogP contribution in [0.5, 0.6) is 0 Å². The van der Waals surface area contributed by atoms with E-state index in [9.17, 15) is 10.1 Å². The van der Waals surface area contributed by atoms with Crippen LogP contribution < -0.4 is 0 Å². The smallest absolute Gasteiger partial charge is 0.291 e. The van der Waals surface area contributed by atoms with E-state index in [4.69, 9.17) is 10.2 Å². The molecule has 0 saturated heterocycles. The van der Waals surface area contributed by atoms with Gasteiger partial charge < -0.3 is 10.2 Å². The zero-order chi connectivity index (χ0) is 8.36. The number of nitrogens with zero attached hydrogens (tertiary/aromatic N) is 1. The maximum absolute atomic E-state index is 10.0. The van der Waals surface area contributed by atoms with E-state index in [2.05, 4.69) is 15.9 Å². The molecule has 0 aliphatic rings. The lowest BCUT2D eigenvalue weighted by Gasteiger charge is -2.16. The Morgan fingerprint density at radius 2 is 2.20 bits per heavy atom. The molecule has 1 unspecified atom stereocenters. The number of hydrogen-bond acceptors (Lipinski definition) is 4. The molecule has 0 heterocycles. The standard InChI is InChI=1S/C4H8BrNO4/c1-2-3(6(9)10)4(5,7)8/h3,7-8H,2H2,1H3. The van der Waals surface area contributed by atoms with Crippen molar-refractivity contribution in [3.05, 3.63) is 10.1 Å². The van der Waals surface area contributed by atoms with Gasteiger partial charge in [0.2, 0.25) is 0 Å². The summed E-state index contributed by atoms with van der Waals surface area (Å²) in [6.07, 6.45) is 0.0608. The van der Waals surface area contributed by atoms with Crippen LogP contribution in [0.3, 0.4) is 0 Å². The molecule has 2 N–H and O–H groups in total. The first kappa shape index (κ1) is 9.80. The minimum atomic E-state index is -2.40. The van der Waals surface area contributed by atoms with Crippen molar-refractivity contribution in [2.24, 2.45) is 0 Å². The lowest BCUT2D eigenvalue weighted by molar-refractivity contribution is -0.550. The largest absolute Gasteiger partial charge is 0.352 e. The van der Waals surface area contributed by atoms with Crippen LogP contribution in [0, 0.1) is 10.1 Å². The van der Waals surface area contributed by atoms with E-state index in [0.717, 1.165) is 0 Å². The summed E-state index contributed by atoms with van der Waals surface area (Å²) >= 11 is 2.38. The molecule has 0 rings (SSSR count). The Bertz CT molecular complexity index is 132. The summed E-state index contributed by atoms with van der Waals surface area (Å²) in [5.41, 5.74) is 0. The van der Waals surface area contributed by atoms with Crippen molar-refractivity contribution in [1.82, 2.24) is 0 Å². The van der Waals surface area contributed by atoms with Crippen molar-refractivity contribution < 1.29 is 15.1 Å². The van der Waals surface area contributed by atoms with Gasteiger partial charge in [-0.05, 0) is 15.9 Å². The number of rotatable bonds is 3. The number of aliphatic hydroxyl groups is 2. The summed E-state index contributed by atoms with van der Waals surface area (Å²) in [6, 6.07) is -1.38. The molecule has 1 atom stereocenters. The summed E-state index contributed by atoms with van der Waals surface area (Å²) in [5.74, 6) is 0. The van der Waals surface area contributed by atoms with Gasteiger partial charge in [-0.2, -0.15) is 0 Å². The van der Waals surface area contributed by atoms with Gasteiger partial charge in [0.05, 0.1) is 0 Å². The van der Waals surface area contributed by atoms with Crippen LogP contribution in [0.25, 0.3) is 0 Å². The first-order valence-corrected chi connectivity index (χ1v) is 3.46. The van der Waals surface area contributed by atoms with Crippen molar-refractivity contribution in [1.29, 1.82) is 0 Å². The van der Waals surface area contributed by atoms with E-state index >= 15 is 0 Å². The van der Waals surface area contributed by atoms with Crippen LogP contribution in [0.4, 0.5) is 0 Å². The van der Waals surface area contributed by atoms with Crippen LogP contribution >= 0.6 is 15.9 Å². The molecule has 0 fully saturated rings. The quantitative estimate of drug-likeness (QED) is 0.301. The van der Waals surface area contributed by atoms with Gasteiger partial charge in [0.1, 0.15) is 0 Å². The van der Waals surface area contributed by atoms with E-state index in [1.54, 1.807) is 0 Å². The summed E-state index contributed by atoms with van der Waals surface area (Å²) in [4.78, 5) is 9.29. The molecule has 0 aromatic heterocycles. The molecule has 0 saturated carbocycles. The van der Waals surface area contributed by atoms with Crippen molar-refractivity contribution in [3.63, 3.8) is 0 Å². The summed E-state index contributed by atoms with van der Waals surface area (Å²) in [6.45, 7) is 1.50. The van der Waals surface area contributed by atoms with Crippen molar-refractivity contribution in [2.75, 3.05) is 0 Å². The number of hydrogen-bond donors (Lipinski definition) is 2. The van der Waals surface area contributed by atoms with Crippen LogP contribution in [0.1, 0.15) is 13.3 Å². The van der Waals surface area contributed by atoms with Crippen LogP contribution in [0.2, 0.25) is 0 Å². The monoisotopic (exact) mass is 213 g/mol. The normalized spacial score (nSPS) is 14.8. The maximum Gasteiger partial charge on any atom is 0.291 e. The fourth-order valence-electron chi connectivity index (χ4n) is 0.543. The highest BCUT2D eigenvalue weighted by Gasteiger charge is 2.39. The number of alkyl halides is 1. The Kier molecular flexibility index (Phi) is 3.20. The van der Waals surface area contributed by atoms with E-state index in [1.165, 1.54) is 6.92 Å². The van der Waals surface area contributed by atoms with Gasteiger partial charge in [0.25, 0.3) is 10.7 Å². The van der Waals surface area contributed by atoms with Gasteiger partial charge in [-0.1, -0.05) is 6.92 Å². The Balaban J connectivity index is 4.22. The van der Waals surface area contributed by atoms with Gasteiger partial charge in [0, 0.05) is 11.3 Å². The average molecular weight is 214 g/mol. The first-order chi connectivity index (χ1) is 4.39. The second-order valence-corrected chi connectivity index (χ2v) is 3.01. The summed E-state index contributed by atoms with van der Waals surface area (Å²) < 4.78 is -2.40. The highest BCUT2D eigenvalue weighted by atomic mass is 79.9. The third-order valence-corrected chi connectivity index (χ3v) is 1.59. The molecular weight excluding hydrogens is 206 g/mol. The zero-order valence-corrected chi connectivity index (χ0v) is 6.91. The van der Waals surface area contributed by atoms with Crippen molar-refractivity contribution in [3.8, 4) is 0 Å². The van der Waals surface area contributed by atoms with Gasteiger partial charge >= 0.3 is 0 Å². The fraction of sp³-hybridized carbons (Fsp3) is 1.00. The Labute approximate surface area is 65.9 Å². The second kappa shape index (κ2) is 3.27. The molecule has 0 amide bonds. The third kappa shape index (κ3) is 2.59. The number of nitro groups is 1. The number of halogens is 1. The van der Waals surface area contributed by atoms with Gasteiger partial charge in [0.15, 0.2) is 0 Å². The predicted molar refractivity (Wildman–Crippen MR) is 37.2 cm³/mol. The lowest BCUT2D eigenvalue weighted by Crippen LogP contribution is -2.41. The molecule has 0 spiro atoms. The Hall–Kier alpha value is -0.200. The molecule has 0 radical (unpaired) electrons. The van der Waals surface area contributed by atoms with Crippen molar-refractivity contribution >= 4 is 15.9 Å². The molecule has 5 nitrogen and oxygen atoms in total. The fourth-order valence-corrected chi connectivity index (χ4v) is 1.03. The van der Waals surface area contributed by atoms with Crippen LogP contribution in [0.15, 0.2) is 0 Å². The first-order valence-electron chi connectivity index (χ1n) is 2.66. The molecule has 0 aliphatic heterocycles. The molecule has 0 aromatic carbocycles. The van der Waals surface area contributed by atoms with E-state index in [0.29, 0.717) is 0 Å². The van der Waals surface area contributed by atoms with Crippen LogP contribution in [-0.4, -0.2) is 25.9 Å². The average Bonchev–Trinajstić information content (AvgIpc) is 1.60. The van der Waals surface area contributed by atoms with Gasteiger partial charge in [-0.15, -0.1) is 0 Å². The minimum absolute atomic E-state index is 0.0608. The topological polar surface area (TPSA) is 83.6 Å². The van der Waals surface area contributed by atoms with Crippen molar-refractivity contribution in [2.45, 2.75) is 24.1 Å². The lowest BCUT2D eigenvalue weighted by atomic mass is 10.2. The Morgan fingerprint density at radius 3 is 2.20 bits per heavy atom. The van der Waals surface area contributed by atoms with Gasteiger partial charge in [-0.3, -0.25) is 10.1 Å². The van der Waals surface area contributed by atoms with Crippen LogP contribution in [-0.2, 0) is 0 Å². The van der Waals surface area contributed by atoms with E-state index in [1.807, 2.05) is 0 Å². The molecular formula is C4H8BrNO4. The summed E-state index contributed by atoms with van der Waals surface area (Å²) in [5, 5.41) is 27.4. The predicted octanol–water partition coefficient (Wildman–Crippen LogP) is 0.0750. The maximum atomic E-state index is 10.0. The SMILES string of the molecule is CCC([N+](=O)[O-])C(O)(O)Br. The highest BCUT2D eigenvalue weighted by molar-refractivity contribution is 9.10. The summed E-state index contributed by atoms with van der Waals surface area (Å²) in [7, 11) is 0. The molecule has 6 heteroatoms. The molecule has 0 bridgehead atoms. The molecule has 0 aliphatic carbocycles. The third-order valence-electron chi connectivity index (χ3n) is 1.07. The Morgan fingerprint density at radius 1 is 1.80 bits per heavy atom. The molecule has 0 aromatic rings. The van der Waals surface area contributed by atoms with E-state index in [-0.39, 0.29) is 6.42 Å². The zero-order valence-electron chi connectivity index (χ0n) is 5.32. The highest BCUT2D eigenvalue weighted by Crippen LogP contribution is 2.19. The minimum Gasteiger partial charge on any atom is -0.352 e. The van der Waals surface area contributed by atoms with Gasteiger partial charge in [-0.25, -0.2) is 0 Å². The molecule has 60 valence electrons. The van der Waals surface area contributed by atoms with E-state index < -0.39 is 15.7 Å².